The Hall–Kier alpha value is -4.44. The standard InChI is InChI=1S/C18H12N4O6/c1-2-27-18-8-12(7-13(10-19)11-20)3-5-17(18)28-16-6-4-14(21(23)24)9-15(16)22(25)26/h3-9H,2H2,1H3. The molecule has 0 radical (unpaired) electrons. The van der Waals surface area contributed by atoms with Gasteiger partial charge in [-0.2, -0.15) is 10.5 Å². The molecule has 0 aromatic heterocycles. The summed E-state index contributed by atoms with van der Waals surface area (Å²) in [5.41, 5.74) is -0.629. The Morgan fingerprint density at radius 3 is 2.29 bits per heavy atom. The van der Waals surface area contributed by atoms with Crippen molar-refractivity contribution in [1.82, 2.24) is 0 Å². The highest BCUT2D eigenvalue weighted by molar-refractivity contribution is 5.65. The minimum atomic E-state index is -0.786. The van der Waals surface area contributed by atoms with Crippen LogP contribution in [0.15, 0.2) is 42.0 Å². The van der Waals surface area contributed by atoms with Crippen LogP contribution < -0.4 is 9.47 Å². The molecule has 10 nitrogen and oxygen atoms in total. The van der Waals surface area contributed by atoms with Gasteiger partial charge < -0.3 is 9.47 Å². The highest BCUT2D eigenvalue weighted by Crippen LogP contribution is 2.38. The van der Waals surface area contributed by atoms with Crippen LogP contribution in [0.5, 0.6) is 17.2 Å². The summed E-state index contributed by atoms with van der Waals surface area (Å²) in [6.45, 7) is 1.98. The molecule has 0 aliphatic heterocycles. The van der Waals surface area contributed by atoms with Crippen molar-refractivity contribution in [2.45, 2.75) is 6.92 Å². The summed E-state index contributed by atoms with van der Waals surface area (Å²) in [6.07, 6.45) is 1.35. The van der Waals surface area contributed by atoms with Gasteiger partial charge in [0.2, 0.25) is 5.75 Å². The number of ether oxygens (including phenoxy) is 2. The minimum absolute atomic E-state index is 0.109. The molecule has 0 N–H and O–H groups in total. The largest absolute Gasteiger partial charge is 0.490 e. The quantitative estimate of drug-likeness (QED) is 0.395. The first-order valence-electron chi connectivity index (χ1n) is 7.79. The predicted molar refractivity (Wildman–Crippen MR) is 96.6 cm³/mol. The normalized spacial score (nSPS) is 9.54. The van der Waals surface area contributed by atoms with E-state index in [4.69, 9.17) is 20.0 Å². The summed E-state index contributed by atoms with van der Waals surface area (Å²) >= 11 is 0. The zero-order valence-corrected chi connectivity index (χ0v) is 14.5. The molecular formula is C18H12N4O6. The summed E-state index contributed by atoms with van der Waals surface area (Å²) in [4.78, 5) is 20.5. The molecule has 2 aromatic carbocycles. The maximum Gasteiger partial charge on any atom is 0.318 e. The van der Waals surface area contributed by atoms with Gasteiger partial charge in [0.15, 0.2) is 11.5 Å². The Bertz CT molecular complexity index is 1030. The van der Waals surface area contributed by atoms with E-state index in [0.29, 0.717) is 5.56 Å². The Morgan fingerprint density at radius 1 is 1.04 bits per heavy atom. The maximum absolute atomic E-state index is 11.2. The number of nitriles is 2. The molecule has 0 aliphatic carbocycles. The Kier molecular flexibility index (Phi) is 6.23. The van der Waals surface area contributed by atoms with E-state index < -0.39 is 21.2 Å². The van der Waals surface area contributed by atoms with E-state index >= 15 is 0 Å². The average molecular weight is 380 g/mol. The van der Waals surface area contributed by atoms with Gasteiger partial charge >= 0.3 is 5.69 Å². The van der Waals surface area contributed by atoms with Crippen LogP contribution in [0.4, 0.5) is 11.4 Å². The molecule has 2 rings (SSSR count). The second-order valence-corrected chi connectivity index (χ2v) is 5.19. The number of rotatable bonds is 7. The molecule has 0 saturated carbocycles. The van der Waals surface area contributed by atoms with Crippen molar-refractivity contribution in [1.29, 1.82) is 10.5 Å². The van der Waals surface area contributed by atoms with Gasteiger partial charge in [0.1, 0.15) is 17.7 Å². The van der Waals surface area contributed by atoms with Crippen molar-refractivity contribution < 1.29 is 19.3 Å². The molecule has 0 spiro atoms. The molecule has 28 heavy (non-hydrogen) atoms. The summed E-state index contributed by atoms with van der Waals surface area (Å²) in [5, 5.41) is 39.8. The van der Waals surface area contributed by atoms with E-state index in [1.807, 2.05) is 0 Å². The van der Waals surface area contributed by atoms with Gasteiger partial charge in [-0.05, 0) is 36.8 Å². The highest BCUT2D eigenvalue weighted by atomic mass is 16.6. The number of nitro benzene ring substituents is 2. The molecule has 0 heterocycles. The van der Waals surface area contributed by atoms with Crippen LogP contribution >= 0.6 is 0 Å². The zero-order chi connectivity index (χ0) is 20.7. The third-order valence-corrected chi connectivity index (χ3v) is 3.39. The van der Waals surface area contributed by atoms with Crippen molar-refractivity contribution >= 4 is 17.5 Å². The number of non-ortho nitro benzene ring substituents is 1. The molecule has 0 bridgehead atoms. The first-order chi connectivity index (χ1) is 13.4. The maximum atomic E-state index is 11.2. The van der Waals surface area contributed by atoms with Crippen LogP contribution in [0.1, 0.15) is 12.5 Å². The van der Waals surface area contributed by atoms with Gasteiger partial charge in [0.05, 0.1) is 22.5 Å². The molecule has 0 aliphatic rings. The summed E-state index contributed by atoms with van der Waals surface area (Å²) in [6, 6.07) is 11.0. The van der Waals surface area contributed by atoms with Crippen molar-refractivity contribution in [3.8, 4) is 29.4 Å². The third-order valence-electron chi connectivity index (χ3n) is 3.39. The molecule has 2 aromatic rings. The van der Waals surface area contributed by atoms with E-state index in [2.05, 4.69) is 0 Å². The van der Waals surface area contributed by atoms with Crippen molar-refractivity contribution in [3.63, 3.8) is 0 Å². The van der Waals surface area contributed by atoms with E-state index in [1.165, 1.54) is 24.3 Å². The Morgan fingerprint density at radius 2 is 1.71 bits per heavy atom. The predicted octanol–water partition coefficient (Wildman–Crippen LogP) is 4.12. The SMILES string of the molecule is CCOc1cc(C=C(C#N)C#N)ccc1Oc1ccc([N+](=O)[O-])cc1[N+](=O)[O-]. The first-order valence-corrected chi connectivity index (χ1v) is 7.79. The van der Waals surface area contributed by atoms with Crippen LogP contribution in [-0.2, 0) is 0 Å². The lowest BCUT2D eigenvalue weighted by Crippen LogP contribution is -1.99. The van der Waals surface area contributed by atoms with Crippen LogP contribution in [0, 0.1) is 42.9 Å². The topological polar surface area (TPSA) is 152 Å². The van der Waals surface area contributed by atoms with Gasteiger partial charge in [-0.15, -0.1) is 0 Å². The van der Waals surface area contributed by atoms with Crippen LogP contribution in [0.25, 0.3) is 6.08 Å². The molecule has 0 saturated heterocycles. The van der Waals surface area contributed by atoms with Crippen LogP contribution in [-0.4, -0.2) is 16.5 Å². The molecular weight excluding hydrogens is 368 g/mol. The fraction of sp³-hybridized carbons (Fsp3) is 0.111. The molecule has 0 atom stereocenters. The van der Waals surface area contributed by atoms with Crippen molar-refractivity contribution in [2.24, 2.45) is 0 Å². The number of benzene rings is 2. The number of hydrogen-bond donors (Lipinski definition) is 0. The van der Waals surface area contributed by atoms with Gasteiger partial charge in [-0.25, -0.2) is 0 Å². The minimum Gasteiger partial charge on any atom is -0.490 e. The van der Waals surface area contributed by atoms with Crippen molar-refractivity contribution in [2.75, 3.05) is 6.61 Å². The van der Waals surface area contributed by atoms with Crippen LogP contribution in [0.3, 0.4) is 0 Å². The van der Waals surface area contributed by atoms with E-state index in [0.717, 1.165) is 18.2 Å². The zero-order valence-electron chi connectivity index (χ0n) is 14.5. The molecule has 140 valence electrons. The number of nitrogens with zero attached hydrogens (tertiary/aromatic N) is 4. The fourth-order valence-corrected chi connectivity index (χ4v) is 2.19. The Balaban J connectivity index is 2.47. The average Bonchev–Trinajstić information content (AvgIpc) is 2.68. The van der Waals surface area contributed by atoms with Gasteiger partial charge in [-0.1, -0.05) is 6.07 Å². The molecule has 0 fully saturated rings. The number of nitro groups is 2. The number of allylic oxidation sites excluding steroid dienone is 1. The molecule has 10 heteroatoms. The lowest BCUT2D eigenvalue weighted by atomic mass is 10.1. The summed E-state index contributed by atoms with van der Waals surface area (Å²) in [5.74, 6) is 0.153. The van der Waals surface area contributed by atoms with Crippen LogP contribution in [0.2, 0.25) is 0 Å². The number of hydrogen-bond acceptors (Lipinski definition) is 8. The lowest BCUT2D eigenvalue weighted by Gasteiger charge is -2.12. The fourth-order valence-electron chi connectivity index (χ4n) is 2.19. The smallest absolute Gasteiger partial charge is 0.318 e. The second kappa shape index (κ2) is 8.78. The highest BCUT2D eigenvalue weighted by Gasteiger charge is 2.22. The molecule has 0 amide bonds. The summed E-state index contributed by atoms with van der Waals surface area (Å²) in [7, 11) is 0. The van der Waals surface area contributed by atoms with E-state index in [-0.39, 0.29) is 29.4 Å². The van der Waals surface area contributed by atoms with E-state index in [1.54, 1.807) is 19.1 Å². The molecule has 0 unspecified atom stereocenters. The van der Waals surface area contributed by atoms with Gasteiger partial charge in [0, 0.05) is 6.07 Å². The van der Waals surface area contributed by atoms with E-state index in [9.17, 15) is 20.2 Å². The third kappa shape index (κ3) is 4.59. The Labute approximate surface area is 158 Å². The van der Waals surface area contributed by atoms with Crippen molar-refractivity contribution in [3.05, 3.63) is 67.8 Å². The van der Waals surface area contributed by atoms with Gasteiger partial charge in [0.25, 0.3) is 5.69 Å². The first kappa shape index (κ1) is 19.9. The second-order valence-electron chi connectivity index (χ2n) is 5.19. The monoisotopic (exact) mass is 380 g/mol. The van der Waals surface area contributed by atoms with Gasteiger partial charge in [-0.3, -0.25) is 20.2 Å². The lowest BCUT2D eigenvalue weighted by molar-refractivity contribution is -0.394. The summed E-state index contributed by atoms with van der Waals surface area (Å²) < 4.78 is 11.0.